The summed E-state index contributed by atoms with van der Waals surface area (Å²) in [5.74, 6) is 0.496. The van der Waals surface area contributed by atoms with Gasteiger partial charge in [-0.1, -0.05) is 32.4 Å². The van der Waals surface area contributed by atoms with Gasteiger partial charge in [0, 0.05) is 12.1 Å². The Morgan fingerprint density at radius 1 is 1.42 bits per heavy atom. The van der Waals surface area contributed by atoms with E-state index in [0.717, 1.165) is 24.8 Å². The first kappa shape index (κ1) is 14.5. The van der Waals surface area contributed by atoms with E-state index in [2.05, 4.69) is 11.6 Å². The minimum Gasteiger partial charge on any atom is -0.324 e. The molecule has 19 heavy (non-hydrogen) atoms. The van der Waals surface area contributed by atoms with Gasteiger partial charge >= 0.3 is 0 Å². The fourth-order valence-corrected chi connectivity index (χ4v) is 3.63. The third-order valence-corrected chi connectivity index (χ3v) is 5.28. The van der Waals surface area contributed by atoms with Gasteiger partial charge in [0.2, 0.25) is 10.0 Å². The van der Waals surface area contributed by atoms with E-state index < -0.39 is 10.0 Å². The predicted molar refractivity (Wildman–Crippen MR) is 76.2 cm³/mol. The molecule has 0 aliphatic heterocycles. The first-order chi connectivity index (χ1) is 8.97. The van der Waals surface area contributed by atoms with Crippen LogP contribution in [0.3, 0.4) is 0 Å². The monoisotopic (exact) mass is 282 g/mol. The summed E-state index contributed by atoms with van der Waals surface area (Å²) in [5.41, 5.74) is 6.82. The largest absolute Gasteiger partial charge is 0.324 e. The van der Waals surface area contributed by atoms with Crippen molar-refractivity contribution in [1.29, 1.82) is 0 Å². The Morgan fingerprint density at radius 2 is 2.16 bits per heavy atom. The number of benzene rings is 1. The van der Waals surface area contributed by atoms with Gasteiger partial charge in [-0.15, -0.1) is 0 Å². The molecule has 0 aromatic heterocycles. The van der Waals surface area contributed by atoms with Crippen LogP contribution in [0, 0.1) is 5.92 Å². The molecule has 0 radical (unpaired) electrons. The van der Waals surface area contributed by atoms with E-state index in [1.165, 1.54) is 0 Å². The molecule has 4 nitrogen and oxygen atoms in total. The number of hydrogen-bond donors (Lipinski definition) is 2. The zero-order chi connectivity index (χ0) is 14.0. The van der Waals surface area contributed by atoms with Crippen LogP contribution in [0.15, 0.2) is 29.2 Å². The molecule has 3 unspecified atom stereocenters. The molecular weight excluding hydrogens is 260 g/mol. The van der Waals surface area contributed by atoms with Crippen molar-refractivity contribution in [1.82, 2.24) is 4.72 Å². The van der Waals surface area contributed by atoms with Crippen LogP contribution in [0.2, 0.25) is 0 Å². The Hall–Kier alpha value is -0.910. The van der Waals surface area contributed by atoms with E-state index in [1.54, 1.807) is 18.2 Å². The highest BCUT2D eigenvalue weighted by molar-refractivity contribution is 7.89. The van der Waals surface area contributed by atoms with Gasteiger partial charge < -0.3 is 5.73 Å². The van der Waals surface area contributed by atoms with Crippen LogP contribution in [-0.2, 0) is 10.0 Å². The second-order valence-electron chi connectivity index (χ2n) is 5.22. The van der Waals surface area contributed by atoms with Crippen molar-refractivity contribution in [3.8, 4) is 0 Å². The molecule has 0 spiro atoms. The number of nitrogens with two attached hydrogens (primary N) is 1. The number of sulfonamides is 1. The molecule has 3 N–H and O–H groups in total. The Labute approximate surface area is 115 Å². The van der Waals surface area contributed by atoms with E-state index in [-0.39, 0.29) is 12.1 Å². The lowest BCUT2D eigenvalue weighted by Crippen LogP contribution is -2.27. The van der Waals surface area contributed by atoms with Gasteiger partial charge in [0.15, 0.2) is 0 Å². The smallest absolute Gasteiger partial charge is 0.240 e. The normalized spacial score (nSPS) is 24.2. The fraction of sp³-hybridized carbons (Fsp3) is 0.571. The van der Waals surface area contributed by atoms with E-state index >= 15 is 0 Å². The summed E-state index contributed by atoms with van der Waals surface area (Å²) >= 11 is 0. The lowest BCUT2D eigenvalue weighted by molar-refractivity contribution is 0.575. The first-order valence-electron chi connectivity index (χ1n) is 6.85. The van der Waals surface area contributed by atoms with Crippen molar-refractivity contribution < 1.29 is 8.42 Å². The Kier molecular flexibility index (Phi) is 4.28. The molecule has 0 saturated heterocycles. The minimum atomic E-state index is -3.41. The number of rotatable bonds is 6. The van der Waals surface area contributed by atoms with Crippen molar-refractivity contribution in [2.75, 3.05) is 0 Å². The molecule has 1 aliphatic carbocycles. The van der Waals surface area contributed by atoms with Crippen LogP contribution < -0.4 is 10.5 Å². The van der Waals surface area contributed by atoms with Crippen molar-refractivity contribution in [2.24, 2.45) is 11.7 Å². The topological polar surface area (TPSA) is 72.2 Å². The second-order valence-corrected chi connectivity index (χ2v) is 6.93. The standard InChI is InChI=1S/C14H22N2O2S/c1-3-10-9-14(10)16-19(17,18)12-7-5-6-11(8-12)13(15)4-2/h5-8,10,13-14,16H,3-4,9,15H2,1-2H3. The first-order valence-corrected chi connectivity index (χ1v) is 8.34. The van der Waals surface area contributed by atoms with Crippen LogP contribution in [-0.4, -0.2) is 14.5 Å². The van der Waals surface area contributed by atoms with Gasteiger partial charge in [-0.25, -0.2) is 13.1 Å². The average Bonchev–Trinajstić information content (AvgIpc) is 3.15. The molecule has 5 heteroatoms. The molecular formula is C14H22N2O2S. The van der Waals surface area contributed by atoms with Gasteiger partial charge in [-0.2, -0.15) is 0 Å². The molecule has 1 saturated carbocycles. The maximum Gasteiger partial charge on any atom is 0.240 e. The quantitative estimate of drug-likeness (QED) is 0.840. The van der Waals surface area contributed by atoms with Crippen molar-refractivity contribution >= 4 is 10.0 Å². The SMILES string of the molecule is CCC(N)c1cccc(S(=O)(=O)NC2CC2CC)c1. The Bertz CT molecular complexity index is 542. The third-order valence-electron chi connectivity index (χ3n) is 3.79. The molecule has 0 bridgehead atoms. The van der Waals surface area contributed by atoms with E-state index in [4.69, 9.17) is 5.73 Å². The lowest BCUT2D eigenvalue weighted by atomic mass is 10.1. The maximum atomic E-state index is 12.3. The summed E-state index contributed by atoms with van der Waals surface area (Å²) in [4.78, 5) is 0.315. The molecule has 106 valence electrons. The van der Waals surface area contributed by atoms with Gasteiger partial charge in [0.05, 0.1) is 4.90 Å². The second kappa shape index (κ2) is 5.61. The number of nitrogens with one attached hydrogen (secondary N) is 1. The van der Waals surface area contributed by atoms with Crippen molar-refractivity contribution in [3.63, 3.8) is 0 Å². The van der Waals surface area contributed by atoms with Gasteiger partial charge in [0.1, 0.15) is 0 Å². The molecule has 0 amide bonds. The van der Waals surface area contributed by atoms with Gasteiger partial charge in [-0.05, 0) is 36.5 Å². The highest BCUT2D eigenvalue weighted by Crippen LogP contribution is 2.34. The molecule has 1 aromatic carbocycles. The summed E-state index contributed by atoms with van der Waals surface area (Å²) in [6.45, 7) is 4.07. The van der Waals surface area contributed by atoms with Crippen LogP contribution in [0.5, 0.6) is 0 Å². The van der Waals surface area contributed by atoms with Crippen molar-refractivity contribution in [3.05, 3.63) is 29.8 Å². The number of hydrogen-bond acceptors (Lipinski definition) is 3. The van der Waals surface area contributed by atoms with Gasteiger partial charge in [0.25, 0.3) is 0 Å². The van der Waals surface area contributed by atoms with E-state index in [1.807, 2.05) is 13.0 Å². The Balaban J connectivity index is 2.16. The van der Waals surface area contributed by atoms with Crippen LogP contribution in [0.25, 0.3) is 0 Å². The van der Waals surface area contributed by atoms with Crippen LogP contribution >= 0.6 is 0 Å². The minimum absolute atomic E-state index is 0.110. The third kappa shape index (κ3) is 3.35. The van der Waals surface area contributed by atoms with E-state index in [0.29, 0.717) is 10.8 Å². The summed E-state index contributed by atoms with van der Waals surface area (Å²) in [7, 11) is -3.41. The highest BCUT2D eigenvalue weighted by atomic mass is 32.2. The Morgan fingerprint density at radius 3 is 2.74 bits per heavy atom. The predicted octanol–water partition coefficient (Wildman–Crippen LogP) is 2.17. The van der Waals surface area contributed by atoms with Crippen molar-refractivity contribution in [2.45, 2.75) is 50.1 Å². The fourth-order valence-electron chi connectivity index (χ4n) is 2.26. The molecule has 3 atom stereocenters. The highest BCUT2D eigenvalue weighted by Gasteiger charge is 2.38. The molecule has 0 heterocycles. The zero-order valence-corrected chi connectivity index (χ0v) is 12.3. The van der Waals surface area contributed by atoms with Crippen LogP contribution in [0.4, 0.5) is 0 Å². The molecule has 1 aromatic rings. The molecule has 1 fully saturated rings. The summed E-state index contributed by atoms with van der Waals surface area (Å²) in [5, 5.41) is 0. The average molecular weight is 282 g/mol. The van der Waals surface area contributed by atoms with Gasteiger partial charge in [-0.3, -0.25) is 0 Å². The molecule has 1 aliphatic rings. The maximum absolute atomic E-state index is 12.3. The van der Waals surface area contributed by atoms with Crippen LogP contribution in [0.1, 0.15) is 44.7 Å². The molecule has 2 rings (SSSR count). The lowest BCUT2D eigenvalue weighted by Gasteiger charge is -2.12. The summed E-state index contributed by atoms with van der Waals surface area (Å²) in [6.07, 6.45) is 2.76. The summed E-state index contributed by atoms with van der Waals surface area (Å²) in [6, 6.07) is 6.93. The van der Waals surface area contributed by atoms with E-state index in [9.17, 15) is 8.42 Å². The zero-order valence-electron chi connectivity index (χ0n) is 11.5. The summed E-state index contributed by atoms with van der Waals surface area (Å²) < 4.78 is 27.3.